The summed E-state index contributed by atoms with van der Waals surface area (Å²) in [5, 5.41) is 10.8. The highest BCUT2D eigenvalue weighted by molar-refractivity contribution is 7.69. The van der Waals surface area contributed by atoms with Gasteiger partial charge in [-0.25, -0.2) is 0 Å². The average molecular weight is 403 g/mol. The molecule has 0 aliphatic rings. The lowest BCUT2D eigenvalue weighted by atomic mass is 9.94. The van der Waals surface area contributed by atoms with Crippen LogP contribution >= 0.6 is 7.92 Å². The summed E-state index contributed by atoms with van der Waals surface area (Å²) in [7, 11) is -0.331. The molecule has 0 aliphatic heterocycles. The van der Waals surface area contributed by atoms with E-state index in [0.717, 1.165) is 0 Å². The molecule has 0 nitrogen and oxygen atoms in total. The van der Waals surface area contributed by atoms with Crippen LogP contribution in [0.4, 0.5) is 0 Å². The number of hydrogen-bond donors (Lipinski definition) is 0. The molecule has 4 aromatic rings. The maximum absolute atomic E-state index is 2.53. The molecule has 29 heavy (non-hydrogen) atoms. The fourth-order valence-corrected chi connectivity index (χ4v) is 10.3. The molecule has 0 N–H and O–H groups in total. The minimum atomic E-state index is -0.331. The fourth-order valence-electron chi connectivity index (χ4n) is 5.83. The van der Waals surface area contributed by atoms with Crippen LogP contribution in [0.15, 0.2) is 54.6 Å². The predicted molar refractivity (Wildman–Crippen MR) is 135 cm³/mol. The number of rotatable bonds is 7. The van der Waals surface area contributed by atoms with E-state index < -0.39 is 0 Å². The van der Waals surface area contributed by atoms with Gasteiger partial charge >= 0.3 is 0 Å². The highest BCUT2D eigenvalue weighted by atomic mass is 31.1. The van der Waals surface area contributed by atoms with Crippen molar-refractivity contribution in [2.24, 2.45) is 0 Å². The van der Waals surface area contributed by atoms with Gasteiger partial charge in [0, 0.05) is 0 Å². The minimum Gasteiger partial charge on any atom is -0.0653 e. The molecular weight excluding hydrogens is 367 g/mol. The maximum atomic E-state index is 2.53. The van der Waals surface area contributed by atoms with Crippen LogP contribution in [0.25, 0.3) is 32.3 Å². The van der Waals surface area contributed by atoms with Gasteiger partial charge in [0.15, 0.2) is 0 Å². The molecule has 0 aliphatic carbocycles. The molecule has 0 fully saturated rings. The second-order valence-corrected chi connectivity index (χ2v) is 13.5. The lowest BCUT2D eigenvalue weighted by Gasteiger charge is -2.46. The SMILES string of the molecule is CCCC(C)(C)P(c1ccc2ccc3cccc4ccc1c2c34)C(C)(C)CCC. The van der Waals surface area contributed by atoms with Gasteiger partial charge in [0.2, 0.25) is 0 Å². The van der Waals surface area contributed by atoms with Crippen LogP contribution in [-0.4, -0.2) is 10.3 Å². The topological polar surface area (TPSA) is 0 Å². The molecule has 152 valence electrons. The van der Waals surface area contributed by atoms with Gasteiger partial charge in [-0.1, -0.05) is 117 Å². The zero-order chi connectivity index (χ0) is 20.8. The molecule has 0 spiro atoms. The monoisotopic (exact) mass is 402 g/mol. The average Bonchev–Trinajstić information content (AvgIpc) is 2.66. The van der Waals surface area contributed by atoms with E-state index in [2.05, 4.69) is 96.1 Å². The third kappa shape index (κ3) is 3.44. The Kier molecular flexibility index (Phi) is 5.37. The Morgan fingerprint density at radius 2 is 1.10 bits per heavy atom. The first-order chi connectivity index (χ1) is 13.8. The van der Waals surface area contributed by atoms with Crippen LogP contribution in [-0.2, 0) is 0 Å². The summed E-state index contributed by atoms with van der Waals surface area (Å²) < 4.78 is 0. The van der Waals surface area contributed by atoms with Gasteiger partial charge in [0.05, 0.1) is 0 Å². The number of hydrogen-bond acceptors (Lipinski definition) is 0. The van der Waals surface area contributed by atoms with Crippen LogP contribution in [0.2, 0.25) is 0 Å². The van der Waals surface area contributed by atoms with E-state index in [4.69, 9.17) is 0 Å². The second-order valence-electron chi connectivity index (χ2n) is 9.90. The van der Waals surface area contributed by atoms with Crippen molar-refractivity contribution in [3.63, 3.8) is 0 Å². The molecule has 4 aromatic carbocycles. The van der Waals surface area contributed by atoms with E-state index >= 15 is 0 Å². The van der Waals surface area contributed by atoms with E-state index in [1.165, 1.54) is 58.0 Å². The molecule has 0 aromatic heterocycles. The molecule has 0 amide bonds. The van der Waals surface area contributed by atoms with Crippen molar-refractivity contribution in [2.45, 2.75) is 77.5 Å². The second kappa shape index (κ2) is 7.55. The Bertz CT molecular complexity index is 1100. The van der Waals surface area contributed by atoms with Gasteiger partial charge in [-0.2, -0.15) is 0 Å². The van der Waals surface area contributed by atoms with Crippen molar-refractivity contribution in [2.75, 3.05) is 0 Å². The zero-order valence-corrected chi connectivity index (χ0v) is 19.9. The molecule has 0 heterocycles. The molecule has 0 radical (unpaired) electrons. The van der Waals surface area contributed by atoms with Crippen molar-refractivity contribution >= 4 is 45.5 Å². The Morgan fingerprint density at radius 1 is 0.621 bits per heavy atom. The molecule has 0 saturated heterocycles. The Balaban J connectivity index is 2.06. The van der Waals surface area contributed by atoms with Gasteiger partial charge in [-0.15, -0.1) is 0 Å². The summed E-state index contributed by atoms with van der Waals surface area (Å²) in [4.78, 5) is 0. The van der Waals surface area contributed by atoms with Crippen LogP contribution in [0.5, 0.6) is 0 Å². The molecule has 1 heteroatoms. The van der Waals surface area contributed by atoms with Gasteiger partial charge in [-0.3, -0.25) is 0 Å². The van der Waals surface area contributed by atoms with Crippen molar-refractivity contribution < 1.29 is 0 Å². The van der Waals surface area contributed by atoms with Crippen molar-refractivity contribution in [1.82, 2.24) is 0 Å². The molecule has 0 atom stereocenters. The standard InChI is InChI=1S/C28H35P/c1-7-18-27(3,4)29(28(5,6)19-8-2)24-17-15-22-13-12-20-10-9-11-21-14-16-23(24)26(22)25(20)21/h9-17H,7-8,18-19H2,1-6H3. The first-order valence-electron chi connectivity index (χ1n) is 11.3. The third-order valence-electron chi connectivity index (χ3n) is 6.68. The largest absolute Gasteiger partial charge is 0.0653 e. The summed E-state index contributed by atoms with van der Waals surface area (Å²) in [6.07, 6.45) is 5.07. The Morgan fingerprint density at radius 3 is 1.66 bits per heavy atom. The summed E-state index contributed by atoms with van der Waals surface area (Å²) in [6, 6.07) is 20.9. The third-order valence-corrected chi connectivity index (χ3v) is 10.4. The highest BCUT2D eigenvalue weighted by Crippen LogP contribution is 2.62. The molecule has 0 unspecified atom stereocenters. The molecule has 4 rings (SSSR count). The fraction of sp³-hybridized carbons (Fsp3) is 0.429. The van der Waals surface area contributed by atoms with E-state index in [1.54, 1.807) is 5.30 Å². The lowest BCUT2D eigenvalue weighted by molar-refractivity contribution is 0.563. The van der Waals surface area contributed by atoms with Gasteiger partial charge in [0.1, 0.15) is 0 Å². The molecular formula is C28H35P. The smallest absolute Gasteiger partial charge is 0.00204 e. The van der Waals surface area contributed by atoms with Gasteiger partial charge in [-0.05, 0) is 60.8 Å². The van der Waals surface area contributed by atoms with Crippen molar-refractivity contribution in [1.29, 1.82) is 0 Å². The first kappa shape index (κ1) is 20.6. The van der Waals surface area contributed by atoms with Crippen LogP contribution in [0.1, 0.15) is 67.2 Å². The minimum absolute atomic E-state index is 0.325. The van der Waals surface area contributed by atoms with Crippen LogP contribution in [0.3, 0.4) is 0 Å². The van der Waals surface area contributed by atoms with Crippen molar-refractivity contribution in [3.8, 4) is 0 Å². The predicted octanol–water partition coefficient (Wildman–Crippen LogP) is 8.85. The maximum Gasteiger partial charge on any atom is -0.00204 e. The van der Waals surface area contributed by atoms with Crippen LogP contribution < -0.4 is 5.30 Å². The van der Waals surface area contributed by atoms with E-state index in [0.29, 0.717) is 10.3 Å². The first-order valence-corrected chi connectivity index (χ1v) is 12.6. The Labute approximate surface area is 177 Å². The normalized spacial score (nSPS) is 13.3. The van der Waals surface area contributed by atoms with Gasteiger partial charge < -0.3 is 0 Å². The van der Waals surface area contributed by atoms with E-state index in [1.807, 2.05) is 0 Å². The number of benzene rings is 4. The highest BCUT2D eigenvalue weighted by Gasteiger charge is 2.41. The van der Waals surface area contributed by atoms with E-state index in [9.17, 15) is 0 Å². The van der Waals surface area contributed by atoms with Gasteiger partial charge in [0.25, 0.3) is 0 Å². The van der Waals surface area contributed by atoms with E-state index in [-0.39, 0.29) is 7.92 Å². The summed E-state index contributed by atoms with van der Waals surface area (Å²) >= 11 is 0. The summed E-state index contributed by atoms with van der Waals surface area (Å²) in [5.41, 5.74) is 0. The van der Waals surface area contributed by atoms with Crippen molar-refractivity contribution in [3.05, 3.63) is 54.6 Å². The molecule has 0 saturated carbocycles. The quantitative estimate of drug-likeness (QED) is 0.214. The lowest BCUT2D eigenvalue weighted by Crippen LogP contribution is -2.35. The van der Waals surface area contributed by atoms with Crippen LogP contribution in [0, 0.1) is 0 Å². The molecule has 0 bridgehead atoms. The zero-order valence-electron chi connectivity index (χ0n) is 19.0. The summed E-state index contributed by atoms with van der Waals surface area (Å²) in [6.45, 7) is 14.8. The summed E-state index contributed by atoms with van der Waals surface area (Å²) in [5.74, 6) is 0. The Hall–Kier alpha value is -1.65.